The molecule has 22 heavy (non-hydrogen) atoms. The first-order valence-corrected chi connectivity index (χ1v) is 6.78. The largest absolute Gasteiger partial charge is 0.399 e. The zero-order valence-corrected chi connectivity index (χ0v) is 12.2. The second-order valence-electron chi connectivity index (χ2n) is 4.39. The van der Waals surface area contributed by atoms with Gasteiger partial charge in [0.25, 0.3) is 5.91 Å². The maximum atomic E-state index is 11.9. The monoisotopic (exact) mass is 292 g/mol. The van der Waals surface area contributed by atoms with E-state index >= 15 is 0 Å². The lowest BCUT2D eigenvalue weighted by Gasteiger charge is -2.01. The molecular formula is C18H16N2O2. The Morgan fingerprint density at radius 1 is 1.18 bits per heavy atom. The van der Waals surface area contributed by atoms with Gasteiger partial charge in [-0.2, -0.15) is 0 Å². The van der Waals surface area contributed by atoms with Gasteiger partial charge in [0.1, 0.15) is 7.11 Å². The van der Waals surface area contributed by atoms with Gasteiger partial charge in [-0.1, -0.05) is 47.3 Å². The number of amides is 1. The van der Waals surface area contributed by atoms with Gasteiger partial charge in [-0.05, 0) is 29.8 Å². The van der Waals surface area contributed by atoms with E-state index in [0.717, 1.165) is 11.1 Å². The number of nitrogens with zero attached hydrogens (tertiary/aromatic N) is 1. The van der Waals surface area contributed by atoms with Gasteiger partial charge in [0, 0.05) is 11.1 Å². The van der Waals surface area contributed by atoms with E-state index < -0.39 is 0 Å². The fraction of sp³-hybridized carbons (Fsp3) is 0.111. The van der Waals surface area contributed by atoms with Gasteiger partial charge in [0.05, 0.1) is 12.8 Å². The Bertz CT molecular complexity index is 695. The lowest BCUT2D eigenvalue weighted by molar-refractivity contribution is 0.0958. The molecule has 0 fully saturated rings. The van der Waals surface area contributed by atoms with Gasteiger partial charge >= 0.3 is 0 Å². The molecule has 0 aromatic heterocycles. The standard InChI is InChI=1S/C18H16N2O2/c1-22-20-14-16-9-11-17(12-10-16)18(21)19-13-5-8-15-6-3-2-4-7-15/h2-4,6-7,9-12,14H,13H2,1H3,(H,19,21)/b20-14+. The van der Waals surface area contributed by atoms with Crippen LogP contribution in [0.2, 0.25) is 0 Å². The summed E-state index contributed by atoms with van der Waals surface area (Å²) in [7, 11) is 1.48. The Morgan fingerprint density at radius 2 is 1.91 bits per heavy atom. The van der Waals surface area contributed by atoms with Crippen LogP contribution >= 0.6 is 0 Å². The second kappa shape index (κ2) is 8.28. The lowest BCUT2D eigenvalue weighted by atomic mass is 10.1. The number of carbonyl (C=O) groups excluding carboxylic acids is 1. The van der Waals surface area contributed by atoms with Crippen LogP contribution in [-0.4, -0.2) is 25.8 Å². The first kappa shape index (κ1) is 15.3. The average molecular weight is 292 g/mol. The van der Waals surface area contributed by atoms with Gasteiger partial charge in [-0.15, -0.1) is 0 Å². The highest BCUT2D eigenvalue weighted by Crippen LogP contribution is 2.02. The van der Waals surface area contributed by atoms with Crippen molar-refractivity contribution in [2.45, 2.75) is 0 Å². The highest BCUT2D eigenvalue weighted by atomic mass is 16.6. The lowest BCUT2D eigenvalue weighted by Crippen LogP contribution is -2.23. The van der Waals surface area contributed by atoms with Crippen molar-refractivity contribution in [1.29, 1.82) is 0 Å². The van der Waals surface area contributed by atoms with E-state index in [1.165, 1.54) is 7.11 Å². The molecule has 2 aromatic carbocycles. The summed E-state index contributed by atoms with van der Waals surface area (Å²) in [5.41, 5.74) is 2.37. The van der Waals surface area contributed by atoms with Crippen molar-refractivity contribution in [3.05, 3.63) is 71.3 Å². The van der Waals surface area contributed by atoms with Gasteiger partial charge in [-0.3, -0.25) is 4.79 Å². The van der Waals surface area contributed by atoms with E-state index in [9.17, 15) is 4.79 Å². The fourth-order valence-corrected chi connectivity index (χ4v) is 1.73. The summed E-state index contributed by atoms with van der Waals surface area (Å²) in [6, 6.07) is 16.7. The zero-order chi connectivity index (χ0) is 15.6. The first-order chi connectivity index (χ1) is 10.8. The van der Waals surface area contributed by atoms with Crippen LogP contribution in [0.5, 0.6) is 0 Å². The van der Waals surface area contributed by atoms with Crippen molar-refractivity contribution in [1.82, 2.24) is 5.32 Å². The van der Waals surface area contributed by atoms with Crippen LogP contribution in [0.1, 0.15) is 21.5 Å². The molecule has 0 unspecified atom stereocenters. The number of hydrogen-bond donors (Lipinski definition) is 1. The third kappa shape index (κ3) is 4.80. The van der Waals surface area contributed by atoms with E-state index in [1.54, 1.807) is 30.5 Å². The summed E-state index contributed by atoms with van der Waals surface area (Å²) in [6.45, 7) is 0.306. The molecular weight excluding hydrogens is 276 g/mol. The van der Waals surface area contributed by atoms with Crippen molar-refractivity contribution in [2.75, 3.05) is 13.7 Å². The number of nitrogens with one attached hydrogen (secondary N) is 1. The Labute approximate surface area is 129 Å². The quantitative estimate of drug-likeness (QED) is 0.534. The molecule has 0 radical (unpaired) electrons. The zero-order valence-electron chi connectivity index (χ0n) is 12.2. The maximum Gasteiger partial charge on any atom is 0.252 e. The number of benzene rings is 2. The fourth-order valence-electron chi connectivity index (χ4n) is 1.73. The predicted octanol–water partition coefficient (Wildman–Crippen LogP) is 2.45. The minimum absolute atomic E-state index is 0.155. The normalized spacial score (nSPS) is 9.86. The summed E-state index contributed by atoms with van der Waals surface area (Å²) in [6.07, 6.45) is 1.58. The van der Waals surface area contributed by atoms with Gasteiger partial charge in [-0.25, -0.2) is 0 Å². The van der Waals surface area contributed by atoms with Crippen LogP contribution in [0.4, 0.5) is 0 Å². The summed E-state index contributed by atoms with van der Waals surface area (Å²) < 4.78 is 0. The minimum atomic E-state index is -0.155. The van der Waals surface area contributed by atoms with Crippen LogP contribution in [-0.2, 0) is 4.84 Å². The van der Waals surface area contributed by atoms with E-state index in [4.69, 9.17) is 0 Å². The van der Waals surface area contributed by atoms with Crippen LogP contribution in [0.25, 0.3) is 0 Å². The molecule has 0 bridgehead atoms. The van der Waals surface area contributed by atoms with E-state index in [-0.39, 0.29) is 5.91 Å². The Hall–Kier alpha value is -3.06. The first-order valence-electron chi connectivity index (χ1n) is 6.78. The van der Waals surface area contributed by atoms with Gasteiger partial charge < -0.3 is 10.2 Å². The molecule has 0 aliphatic carbocycles. The molecule has 0 saturated carbocycles. The summed E-state index contributed by atoms with van der Waals surface area (Å²) in [5.74, 6) is 5.75. The second-order valence-corrected chi connectivity index (χ2v) is 4.39. The minimum Gasteiger partial charge on any atom is -0.399 e. The molecule has 0 atom stereocenters. The van der Waals surface area contributed by atoms with E-state index in [0.29, 0.717) is 12.1 Å². The van der Waals surface area contributed by atoms with Crippen LogP contribution in [0.3, 0.4) is 0 Å². The van der Waals surface area contributed by atoms with Crippen molar-refractivity contribution in [3.8, 4) is 11.8 Å². The molecule has 2 aromatic rings. The number of carbonyl (C=O) groups is 1. The molecule has 0 heterocycles. The molecule has 1 N–H and O–H groups in total. The predicted molar refractivity (Wildman–Crippen MR) is 86.7 cm³/mol. The molecule has 4 heteroatoms. The molecule has 0 aliphatic heterocycles. The van der Waals surface area contributed by atoms with Crippen molar-refractivity contribution in [2.24, 2.45) is 5.16 Å². The highest BCUT2D eigenvalue weighted by molar-refractivity contribution is 5.95. The van der Waals surface area contributed by atoms with Crippen LogP contribution in [0, 0.1) is 11.8 Å². The highest BCUT2D eigenvalue weighted by Gasteiger charge is 2.03. The van der Waals surface area contributed by atoms with E-state index in [2.05, 4.69) is 27.2 Å². The number of hydrogen-bond acceptors (Lipinski definition) is 3. The number of rotatable bonds is 4. The van der Waals surface area contributed by atoms with Crippen molar-refractivity contribution >= 4 is 12.1 Å². The van der Waals surface area contributed by atoms with E-state index in [1.807, 2.05) is 30.3 Å². The Kier molecular flexibility index (Phi) is 5.77. The smallest absolute Gasteiger partial charge is 0.252 e. The Morgan fingerprint density at radius 3 is 2.59 bits per heavy atom. The summed E-state index contributed by atoms with van der Waals surface area (Å²) in [4.78, 5) is 16.5. The topological polar surface area (TPSA) is 50.7 Å². The maximum absolute atomic E-state index is 11.9. The molecule has 0 saturated heterocycles. The summed E-state index contributed by atoms with van der Waals surface area (Å²) >= 11 is 0. The third-order valence-electron chi connectivity index (χ3n) is 2.82. The molecule has 110 valence electrons. The number of oxime groups is 1. The van der Waals surface area contributed by atoms with Crippen LogP contribution < -0.4 is 5.32 Å². The van der Waals surface area contributed by atoms with Gasteiger partial charge in [0.15, 0.2) is 0 Å². The van der Waals surface area contributed by atoms with Crippen LogP contribution in [0.15, 0.2) is 59.8 Å². The van der Waals surface area contributed by atoms with Crippen molar-refractivity contribution < 1.29 is 9.63 Å². The SMILES string of the molecule is CO/N=C/c1ccc(C(=O)NCC#Cc2ccccc2)cc1. The van der Waals surface area contributed by atoms with Crippen molar-refractivity contribution in [3.63, 3.8) is 0 Å². The third-order valence-corrected chi connectivity index (χ3v) is 2.82. The molecule has 2 rings (SSSR count). The molecule has 1 amide bonds. The molecule has 0 spiro atoms. The van der Waals surface area contributed by atoms with Gasteiger partial charge in [0.2, 0.25) is 0 Å². The Balaban J connectivity index is 1.87. The summed E-state index contributed by atoms with van der Waals surface area (Å²) in [5, 5.41) is 6.42. The molecule has 4 nitrogen and oxygen atoms in total. The molecule has 0 aliphatic rings. The average Bonchev–Trinajstić information content (AvgIpc) is 2.58.